The molecule has 0 aliphatic carbocycles. The van der Waals surface area contributed by atoms with Gasteiger partial charge in [0.15, 0.2) is 11.6 Å². The van der Waals surface area contributed by atoms with E-state index in [-0.39, 0.29) is 23.7 Å². The number of nitrogens with one attached hydrogen (secondary N) is 4. The van der Waals surface area contributed by atoms with Crippen LogP contribution in [0.15, 0.2) is 57.6 Å². The number of furan rings is 1. The maximum atomic E-state index is 12.2. The number of carbonyl (C=O) groups is 1. The van der Waals surface area contributed by atoms with E-state index in [0.717, 1.165) is 22.2 Å². The maximum absolute atomic E-state index is 12.2. The number of aryl methyl sites for hydroxylation is 2. The topological polar surface area (TPSA) is 149 Å². The lowest BCUT2D eigenvalue weighted by molar-refractivity contribution is -0.114. The van der Waals surface area contributed by atoms with Crippen LogP contribution in [-0.2, 0) is 4.79 Å². The molecule has 0 atom stereocenters. The van der Waals surface area contributed by atoms with Crippen molar-refractivity contribution in [1.82, 2.24) is 5.43 Å². The van der Waals surface area contributed by atoms with E-state index in [1.54, 1.807) is 0 Å². The Kier molecular flexibility index (Phi) is 5.65. The third-order valence-electron chi connectivity index (χ3n) is 5.18. The minimum atomic E-state index is -0.651. The van der Waals surface area contributed by atoms with Gasteiger partial charge in [0, 0.05) is 28.9 Å². The standard InChI is InChI=1S/C23H24N6O3/c1-12-3-8-17-16(11-12)13(2)21(32-17)20(18-19(24)23(31)29-28-22(18)25)27-15-6-4-14(5-7-15)26-9-10-30/h3-8,11,24,26-27,30H,9-10H2,1-2H3,(H2,25,28)(H,29,31)/b20-18+,24-19?. The highest BCUT2D eigenvalue weighted by Crippen LogP contribution is 2.34. The zero-order valence-corrected chi connectivity index (χ0v) is 17.7. The number of fused-ring (bicyclic) bond motifs is 1. The Morgan fingerprint density at radius 2 is 1.91 bits per heavy atom. The number of hydrogen-bond acceptors (Lipinski definition) is 8. The van der Waals surface area contributed by atoms with Crippen molar-refractivity contribution in [3.63, 3.8) is 0 Å². The third-order valence-corrected chi connectivity index (χ3v) is 5.18. The fourth-order valence-electron chi connectivity index (χ4n) is 3.54. The van der Waals surface area contributed by atoms with Crippen molar-refractivity contribution < 1.29 is 14.3 Å². The predicted octanol–water partition coefficient (Wildman–Crippen LogP) is 2.70. The van der Waals surface area contributed by atoms with Crippen LogP contribution in [0.4, 0.5) is 11.4 Å². The first-order valence-electron chi connectivity index (χ1n) is 10.1. The summed E-state index contributed by atoms with van der Waals surface area (Å²) in [7, 11) is 0. The minimum Gasteiger partial charge on any atom is -0.454 e. The number of nitrogens with zero attached hydrogens (tertiary/aromatic N) is 1. The smallest absolute Gasteiger partial charge is 0.290 e. The minimum absolute atomic E-state index is 0.00868. The molecule has 2 heterocycles. The highest BCUT2D eigenvalue weighted by molar-refractivity contribution is 6.53. The summed E-state index contributed by atoms with van der Waals surface area (Å²) in [5.74, 6) is -0.170. The summed E-state index contributed by atoms with van der Waals surface area (Å²) in [6.07, 6.45) is 0. The molecule has 0 saturated carbocycles. The van der Waals surface area contributed by atoms with E-state index in [2.05, 4.69) is 21.2 Å². The van der Waals surface area contributed by atoms with E-state index in [4.69, 9.17) is 20.7 Å². The van der Waals surface area contributed by atoms with Gasteiger partial charge in [-0.05, 0) is 50.2 Å². The third kappa shape index (κ3) is 3.93. The summed E-state index contributed by atoms with van der Waals surface area (Å²) in [5, 5.41) is 28.5. The van der Waals surface area contributed by atoms with Crippen LogP contribution in [0.3, 0.4) is 0 Å². The van der Waals surface area contributed by atoms with E-state index in [9.17, 15) is 4.79 Å². The van der Waals surface area contributed by atoms with Crippen LogP contribution in [0.2, 0.25) is 0 Å². The number of carbonyl (C=O) groups excluding carboxylic acids is 1. The molecule has 0 spiro atoms. The monoisotopic (exact) mass is 432 g/mol. The molecule has 32 heavy (non-hydrogen) atoms. The molecule has 3 aromatic rings. The second kappa shape index (κ2) is 8.56. The Morgan fingerprint density at radius 3 is 2.62 bits per heavy atom. The number of hydrogen-bond donors (Lipinski definition) is 6. The van der Waals surface area contributed by atoms with Gasteiger partial charge in [-0.15, -0.1) is 0 Å². The lowest BCUT2D eigenvalue weighted by Gasteiger charge is -2.19. The van der Waals surface area contributed by atoms with Gasteiger partial charge in [-0.3, -0.25) is 10.2 Å². The molecule has 9 heteroatoms. The fraction of sp³-hybridized carbons (Fsp3) is 0.174. The van der Waals surface area contributed by atoms with Gasteiger partial charge in [0.1, 0.15) is 11.3 Å². The predicted molar refractivity (Wildman–Crippen MR) is 126 cm³/mol. The maximum Gasteiger partial charge on any atom is 0.290 e. The number of amides is 1. The lowest BCUT2D eigenvalue weighted by Crippen LogP contribution is -2.40. The van der Waals surface area contributed by atoms with Crippen molar-refractivity contribution in [3.8, 4) is 0 Å². The van der Waals surface area contributed by atoms with Crippen LogP contribution in [0.5, 0.6) is 0 Å². The molecule has 4 rings (SSSR count). The largest absolute Gasteiger partial charge is 0.454 e. The Labute approximate surface area is 184 Å². The van der Waals surface area contributed by atoms with Crippen LogP contribution in [-0.4, -0.2) is 35.7 Å². The number of aliphatic hydroxyl groups excluding tert-OH is 1. The molecule has 2 aromatic carbocycles. The Bertz CT molecular complexity index is 1270. The zero-order valence-electron chi connectivity index (χ0n) is 17.7. The summed E-state index contributed by atoms with van der Waals surface area (Å²) < 4.78 is 6.15. The molecule has 0 saturated heterocycles. The Hall–Kier alpha value is -4.11. The molecule has 9 nitrogen and oxygen atoms in total. The highest BCUT2D eigenvalue weighted by atomic mass is 16.3. The Morgan fingerprint density at radius 1 is 1.19 bits per heavy atom. The molecular formula is C23H24N6O3. The number of nitrogens with two attached hydrogens (primary N) is 1. The summed E-state index contributed by atoms with van der Waals surface area (Å²) in [4.78, 5) is 12.2. The second-order valence-electron chi connectivity index (χ2n) is 7.47. The molecule has 0 radical (unpaired) electrons. The second-order valence-corrected chi connectivity index (χ2v) is 7.47. The van der Waals surface area contributed by atoms with Gasteiger partial charge in [0.25, 0.3) is 5.91 Å². The first-order valence-corrected chi connectivity index (χ1v) is 10.1. The van der Waals surface area contributed by atoms with Crippen LogP contribution in [0.1, 0.15) is 16.9 Å². The van der Waals surface area contributed by atoms with Crippen molar-refractivity contribution in [2.24, 2.45) is 10.8 Å². The van der Waals surface area contributed by atoms with Gasteiger partial charge >= 0.3 is 0 Å². The highest BCUT2D eigenvalue weighted by Gasteiger charge is 2.29. The molecule has 0 unspecified atom stereocenters. The molecule has 1 aliphatic heterocycles. The molecule has 1 amide bonds. The van der Waals surface area contributed by atoms with E-state index < -0.39 is 5.91 Å². The number of benzene rings is 2. The molecule has 1 aromatic heterocycles. The van der Waals surface area contributed by atoms with Crippen LogP contribution in [0.25, 0.3) is 16.7 Å². The summed E-state index contributed by atoms with van der Waals surface area (Å²) in [5.41, 5.74) is 12.7. The van der Waals surface area contributed by atoms with Crippen molar-refractivity contribution in [3.05, 3.63) is 64.9 Å². The molecule has 0 bridgehead atoms. The SMILES string of the molecule is Cc1ccc2oc(/C(Nc3ccc(NCCO)cc3)=C3/C(=N)C(=O)NN=C3N)c(C)c2c1. The normalized spacial score (nSPS) is 15.4. The van der Waals surface area contributed by atoms with Gasteiger partial charge in [0.05, 0.1) is 17.9 Å². The average molecular weight is 432 g/mol. The summed E-state index contributed by atoms with van der Waals surface area (Å²) >= 11 is 0. The molecule has 0 fully saturated rings. The zero-order chi connectivity index (χ0) is 22.8. The van der Waals surface area contributed by atoms with E-state index in [0.29, 0.717) is 29.3 Å². The van der Waals surface area contributed by atoms with E-state index in [1.165, 1.54) is 0 Å². The molecule has 164 valence electrons. The van der Waals surface area contributed by atoms with Gasteiger partial charge in [0.2, 0.25) is 0 Å². The Balaban J connectivity index is 1.85. The average Bonchev–Trinajstić information content (AvgIpc) is 3.11. The molecule has 7 N–H and O–H groups in total. The van der Waals surface area contributed by atoms with Gasteiger partial charge in [-0.2, -0.15) is 5.10 Å². The van der Waals surface area contributed by atoms with E-state index >= 15 is 0 Å². The first kappa shape index (κ1) is 21.1. The van der Waals surface area contributed by atoms with Crippen molar-refractivity contribution in [2.75, 3.05) is 23.8 Å². The van der Waals surface area contributed by atoms with E-state index in [1.807, 2.05) is 56.3 Å². The first-order chi connectivity index (χ1) is 15.4. The number of rotatable bonds is 6. The molecule has 1 aliphatic rings. The number of hydrazone groups is 1. The number of amidine groups is 1. The molecular weight excluding hydrogens is 408 g/mol. The van der Waals surface area contributed by atoms with Crippen LogP contribution >= 0.6 is 0 Å². The lowest BCUT2D eigenvalue weighted by atomic mass is 10.0. The number of anilines is 2. The van der Waals surface area contributed by atoms with Crippen LogP contribution in [0, 0.1) is 19.3 Å². The van der Waals surface area contributed by atoms with Gasteiger partial charge < -0.3 is 25.9 Å². The quantitative estimate of drug-likeness (QED) is 0.353. The number of aliphatic hydroxyl groups is 1. The summed E-state index contributed by atoms with van der Waals surface area (Å²) in [6, 6.07) is 13.3. The van der Waals surface area contributed by atoms with Gasteiger partial charge in [-0.25, -0.2) is 5.43 Å². The van der Waals surface area contributed by atoms with Crippen molar-refractivity contribution in [1.29, 1.82) is 5.41 Å². The van der Waals surface area contributed by atoms with Crippen LogP contribution < -0.4 is 21.8 Å². The fourth-order valence-corrected chi connectivity index (χ4v) is 3.54. The van der Waals surface area contributed by atoms with Crippen molar-refractivity contribution >= 4 is 45.5 Å². The summed E-state index contributed by atoms with van der Waals surface area (Å²) in [6.45, 7) is 4.40. The van der Waals surface area contributed by atoms with Crippen molar-refractivity contribution in [2.45, 2.75) is 13.8 Å². The van der Waals surface area contributed by atoms with Gasteiger partial charge in [-0.1, -0.05) is 11.6 Å².